The van der Waals surface area contributed by atoms with Crippen LogP contribution in [0.15, 0.2) is 4.90 Å². The largest absolute Gasteiger partial charge is 0.354 e. The van der Waals surface area contributed by atoms with E-state index in [4.69, 9.17) is 10.7 Å². The molecule has 8 heteroatoms. The van der Waals surface area contributed by atoms with Crippen molar-refractivity contribution >= 4 is 25.6 Å². The fourth-order valence-electron chi connectivity index (χ4n) is 2.12. The molecule has 0 unspecified atom stereocenters. The zero-order valence-electron chi connectivity index (χ0n) is 12.6. The molecule has 0 fully saturated rings. The number of aromatic nitrogens is 2. The molecule has 21 heavy (non-hydrogen) atoms. The van der Waals surface area contributed by atoms with Gasteiger partial charge in [-0.25, -0.2) is 8.42 Å². The molecule has 0 aliphatic rings. The maximum atomic E-state index is 11.9. The Bertz CT molecular complexity index is 596. The van der Waals surface area contributed by atoms with Crippen LogP contribution in [0.4, 0.5) is 0 Å². The lowest BCUT2D eigenvalue weighted by Gasteiger charge is -2.07. The predicted octanol–water partition coefficient (Wildman–Crippen LogP) is 1.85. The minimum atomic E-state index is -3.87. The molecule has 6 nitrogen and oxygen atoms in total. The van der Waals surface area contributed by atoms with E-state index >= 15 is 0 Å². The lowest BCUT2D eigenvalue weighted by molar-refractivity contribution is -0.121. The van der Waals surface area contributed by atoms with E-state index < -0.39 is 9.05 Å². The van der Waals surface area contributed by atoms with Gasteiger partial charge in [0.1, 0.15) is 11.4 Å². The number of carbonyl (C=O) groups excluding carboxylic acids is 1. The standard InChI is InChI=1S/C13H22ClN3O3S/c1-4-7-8-15-12(18)9-17-11(6-3)13(21(14,19)20)10(5-2)16-17/h4-9H2,1-3H3,(H,15,18). The average molecular weight is 336 g/mol. The van der Waals surface area contributed by atoms with E-state index in [0.717, 1.165) is 12.8 Å². The summed E-state index contributed by atoms with van der Waals surface area (Å²) in [5.41, 5.74) is 0.885. The van der Waals surface area contributed by atoms with E-state index in [1.807, 2.05) is 13.8 Å². The minimum absolute atomic E-state index is 0.00625. The third-order valence-corrected chi connectivity index (χ3v) is 4.56. The number of halogens is 1. The van der Waals surface area contributed by atoms with Crippen molar-refractivity contribution in [1.82, 2.24) is 15.1 Å². The number of rotatable bonds is 8. The summed E-state index contributed by atoms with van der Waals surface area (Å²) in [6, 6.07) is 0. The quantitative estimate of drug-likeness (QED) is 0.580. The molecule has 0 spiro atoms. The Balaban J connectivity index is 3.03. The Morgan fingerprint density at radius 2 is 1.95 bits per heavy atom. The van der Waals surface area contributed by atoms with Crippen LogP contribution in [-0.2, 0) is 33.2 Å². The van der Waals surface area contributed by atoms with Crippen molar-refractivity contribution in [1.29, 1.82) is 0 Å². The van der Waals surface area contributed by atoms with E-state index in [1.54, 1.807) is 6.92 Å². The maximum Gasteiger partial charge on any atom is 0.264 e. The van der Waals surface area contributed by atoms with Gasteiger partial charge in [0.2, 0.25) is 5.91 Å². The lowest BCUT2D eigenvalue weighted by Crippen LogP contribution is -2.29. The van der Waals surface area contributed by atoms with Crippen LogP contribution in [0, 0.1) is 0 Å². The van der Waals surface area contributed by atoms with E-state index in [1.165, 1.54) is 4.68 Å². The SMILES string of the molecule is CCCCNC(=O)Cn1nc(CC)c(S(=O)(=O)Cl)c1CC. The highest BCUT2D eigenvalue weighted by Gasteiger charge is 2.25. The summed E-state index contributed by atoms with van der Waals surface area (Å²) in [6.45, 7) is 6.28. The van der Waals surface area contributed by atoms with Gasteiger partial charge in [-0.1, -0.05) is 27.2 Å². The molecule has 1 N–H and O–H groups in total. The van der Waals surface area contributed by atoms with Crippen molar-refractivity contribution in [2.45, 2.75) is 57.9 Å². The van der Waals surface area contributed by atoms with Crippen molar-refractivity contribution in [3.05, 3.63) is 11.4 Å². The van der Waals surface area contributed by atoms with Crippen molar-refractivity contribution in [2.24, 2.45) is 0 Å². The summed E-state index contributed by atoms with van der Waals surface area (Å²) in [7, 11) is 1.63. The maximum absolute atomic E-state index is 11.9. The Labute approximate surface area is 130 Å². The van der Waals surface area contributed by atoms with Crippen molar-refractivity contribution in [2.75, 3.05) is 6.54 Å². The highest BCUT2D eigenvalue weighted by atomic mass is 35.7. The second-order valence-electron chi connectivity index (χ2n) is 4.73. The van der Waals surface area contributed by atoms with Crippen LogP contribution in [0.5, 0.6) is 0 Å². The Morgan fingerprint density at radius 1 is 1.29 bits per heavy atom. The van der Waals surface area contributed by atoms with Crippen LogP contribution in [-0.4, -0.2) is 30.7 Å². The zero-order valence-corrected chi connectivity index (χ0v) is 14.2. The van der Waals surface area contributed by atoms with Crippen molar-refractivity contribution in [3.8, 4) is 0 Å². The van der Waals surface area contributed by atoms with Crippen LogP contribution < -0.4 is 5.32 Å². The van der Waals surface area contributed by atoms with E-state index in [-0.39, 0.29) is 17.3 Å². The molecule has 0 saturated carbocycles. The molecule has 1 aromatic rings. The van der Waals surface area contributed by atoms with Crippen LogP contribution >= 0.6 is 10.7 Å². The number of hydrogen-bond donors (Lipinski definition) is 1. The zero-order chi connectivity index (χ0) is 16.0. The number of nitrogens with zero attached hydrogens (tertiary/aromatic N) is 2. The molecule has 1 aromatic heterocycles. The second-order valence-corrected chi connectivity index (χ2v) is 7.23. The molecule has 1 heterocycles. The molecule has 120 valence electrons. The summed E-state index contributed by atoms with van der Waals surface area (Å²) >= 11 is 0. The third kappa shape index (κ3) is 4.71. The number of hydrogen-bond acceptors (Lipinski definition) is 4. The second kappa shape index (κ2) is 7.79. The first-order chi connectivity index (χ1) is 9.85. The predicted molar refractivity (Wildman–Crippen MR) is 81.9 cm³/mol. The molecule has 0 radical (unpaired) electrons. The molecule has 0 bridgehead atoms. The number of carbonyl (C=O) groups is 1. The first-order valence-corrected chi connectivity index (χ1v) is 9.45. The van der Waals surface area contributed by atoms with Gasteiger partial charge in [-0.3, -0.25) is 9.48 Å². The summed E-state index contributed by atoms with van der Waals surface area (Å²) in [5, 5.41) is 7.01. The normalized spacial score (nSPS) is 11.6. The molecule has 1 rings (SSSR count). The van der Waals surface area contributed by atoms with Gasteiger partial charge in [-0.2, -0.15) is 5.10 Å². The van der Waals surface area contributed by atoms with Gasteiger partial charge in [-0.05, 0) is 19.3 Å². The Hall–Kier alpha value is -1.08. The van der Waals surface area contributed by atoms with E-state index in [9.17, 15) is 13.2 Å². The Kier molecular flexibility index (Phi) is 6.67. The molecule has 0 saturated heterocycles. The average Bonchev–Trinajstić information content (AvgIpc) is 2.76. The van der Waals surface area contributed by atoms with E-state index in [0.29, 0.717) is 30.8 Å². The smallest absolute Gasteiger partial charge is 0.264 e. The van der Waals surface area contributed by atoms with Crippen LogP contribution in [0.2, 0.25) is 0 Å². The fourth-order valence-corrected chi connectivity index (χ4v) is 3.65. The summed E-state index contributed by atoms with van der Waals surface area (Å²) in [4.78, 5) is 11.9. The molecule has 0 aliphatic carbocycles. The van der Waals surface area contributed by atoms with Gasteiger partial charge < -0.3 is 5.32 Å². The molecule has 0 atom stereocenters. The third-order valence-electron chi connectivity index (χ3n) is 3.14. The van der Waals surface area contributed by atoms with Crippen LogP contribution in [0.25, 0.3) is 0 Å². The monoisotopic (exact) mass is 335 g/mol. The van der Waals surface area contributed by atoms with Gasteiger partial charge >= 0.3 is 0 Å². The van der Waals surface area contributed by atoms with Crippen molar-refractivity contribution < 1.29 is 13.2 Å². The highest BCUT2D eigenvalue weighted by molar-refractivity contribution is 8.13. The first-order valence-electron chi connectivity index (χ1n) is 7.14. The summed E-state index contributed by atoms with van der Waals surface area (Å²) in [6.07, 6.45) is 2.79. The minimum Gasteiger partial charge on any atom is -0.354 e. The number of unbranched alkanes of at least 4 members (excludes halogenated alkanes) is 1. The Morgan fingerprint density at radius 3 is 2.43 bits per heavy atom. The lowest BCUT2D eigenvalue weighted by atomic mass is 10.2. The van der Waals surface area contributed by atoms with Gasteiger partial charge in [0, 0.05) is 17.2 Å². The summed E-state index contributed by atoms with van der Waals surface area (Å²) < 4.78 is 24.9. The summed E-state index contributed by atoms with van der Waals surface area (Å²) in [5.74, 6) is -0.179. The van der Waals surface area contributed by atoms with Gasteiger partial charge in [-0.15, -0.1) is 0 Å². The molecular formula is C13H22ClN3O3S. The number of amides is 1. The van der Waals surface area contributed by atoms with Gasteiger partial charge in [0.15, 0.2) is 0 Å². The first kappa shape index (κ1) is 18.0. The number of aryl methyl sites for hydroxylation is 1. The van der Waals surface area contributed by atoms with E-state index in [2.05, 4.69) is 10.4 Å². The topological polar surface area (TPSA) is 81.1 Å². The number of nitrogens with one attached hydrogen (secondary N) is 1. The van der Waals surface area contributed by atoms with Gasteiger partial charge in [0.25, 0.3) is 9.05 Å². The molecule has 0 aromatic carbocycles. The van der Waals surface area contributed by atoms with Crippen LogP contribution in [0.1, 0.15) is 45.0 Å². The molecule has 0 aliphatic heterocycles. The molecular weight excluding hydrogens is 314 g/mol. The van der Waals surface area contributed by atoms with Crippen molar-refractivity contribution in [3.63, 3.8) is 0 Å². The fraction of sp³-hybridized carbons (Fsp3) is 0.692. The van der Waals surface area contributed by atoms with Gasteiger partial charge in [0.05, 0.1) is 11.4 Å². The van der Waals surface area contributed by atoms with Crippen LogP contribution in [0.3, 0.4) is 0 Å². The highest BCUT2D eigenvalue weighted by Crippen LogP contribution is 2.25. The molecule has 1 amide bonds.